The maximum atomic E-state index is 10.1. The van der Waals surface area contributed by atoms with Crippen LogP contribution in [0.5, 0.6) is 0 Å². The maximum Gasteiger partial charge on any atom is 0.137 e. The van der Waals surface area contributed by atoms with E-state index < -0.39 is 5.72 Å². The van der Waals surface area contributed by atoms with Crippen LogP contribution >= 0.6 is 0 Å². The van der Waals surface area contributed by atoms with E-state index in [4.69, 9.17) is 10.2 Å². The third kappa shape index (κ3) is 1.84. The summed E-state index contributed by atoms with van der Waals surface area (Å²) in [4.78, 5) is 1.66. The van der Waals surface area contributed by atoms with Crippen molar-refractivity contribution in [3.05, 3.63) is 0 Å². The highest BCUT2D eigenvalue weighted by molar-refractivity contribution is 5.00. The van der Waals surface area contributed by atoms with E-state index in [1.807, 2.05) is 0 Å². The number of aliphatic hydroxyl groups is 3. The highest BCUT2D eigenvalue weighted by Gasteiger charge is 2.46. The first kappa shape index (κ1) is 10.9. The quantitative estimate of drug-likeness (QED) is 0.385. The van der Waals surface area contributed by atoms with Crippen molar-refractivity contribution in [2.45, 2.75) is 24.2 Å². The number of rotatable bonds is 3. The Kier molecular flexibility index (Phi) is 3.26. The van der Waals surface area contributed by atoms with Gasteiger partial charge in [0.1, 0.15) is 5.72 Å². The maximum absolute atomic E-state index is 10.1. The first-order valence-electron chi connectivity index (χ1n) is 4.42. The zero-order valence-corrected chi connectivity index (χ0v) is 8.06. The second-order valence-corrected chi connectivity index (χ2v) is 3.76. The number of hydrogen-bond donors (Lipinski definition) is 4. The molecule has 1 saturated heterocycles. The average Bonchev–Trinajstić information content (AvgIpc) is 2.43. The Morgan fingerprint density at radius 2 is 2.00 bits per heavy atom. The summed E-state index contributed by atoms with van der Waals surface area (Å²) in [6.45, 7) is -0.155. The predicted molar refractivity (Wildman–Crippen MR) is 48.1 cm³/mol. The second kappa shape index (κ2) is 3.89. The molecule has 1 aliphatic heterocycles. The number of nitrogens with zero attached hydrogens (tertiary/aromatic N) is 1. The minimum Gasteiger partial charge on any atom is -0.395 e. The van der Waals surface area contributed by atoms with Gasteiger partial charge in [-0.2, -0.15) is 0 Å². The van der Waals surface area contributed by atoms with E-state index in [0.29, 0.717) is 6.42 Å². The van der Waals surface area contributed by atoms with Gasteiger partial charge in [0.15, 0.2) is 0 Å². The number of hydrogen-bond acceptors (Lipinski definition) is 5. The van der Waals surface area contributed by atoms with Crippen molar-refractivity contribution < 1.29 is 15.3 Å². The third-order valence-corrected chi connectivity index (χ3v) is 2.72. The summed E-state index contributed by atoms with van der Waals surface area (Å²) in [5.74, 6) is 0. The fraction of sp³-hybridized carbons (Fsp3) is 1.00. The summed E-state index contributed by atoms with van der Waals surface area (Å²) in [7, 11) is 3.51. The van der Waals surface area contributed by atoms with Crippen molar-refractivity contribution in [1.29, 1.82) is 0 Å². The van der Waals surface area contributed by atoms with E-state index >= 15 is 0 Å². The molecule has 4 N–H and O–H groups in total. The Balaban J connectivity index is 2.72. The molecule has 1 heterocycles. The minimum atomic E-state index is -1.05. The molecule has 1 rings (SSSR count). The SMILES string of the molecule is CN(C)C1(O)CC(CO)NC1CO. The molecule has 5 nitrogen and oxygen atoms in total. The molecule has 78 valence electrons. The normalized spacial score (nSPS) is 40.2. The first-order valence-corrected chi connectivity index (χ1v) is 4.42. The van der Waals surface area contributed by atoms with Gasteiger partial charge >= 0.3 is 0 Å². The van der Waals surface area contributed by atoms with Crippen LogP contribution in [0.15, 0.2) is 0 Å². The van der Waals surface area contributed by atoms with Crippen LogP contribution in [0.1, 0.15) is 6.42 Å². The molecule has 0 spiro atoms. The molecular weight excluding hydrogens is 172 g/mol. The fourth-order valence-corrected chi connectivity index (χ4v) is 1.79. The van der Waals surface area contributed by atoms with Crippen molar-refractivity contribution in [2.75, 3.05) is 27.3 Å². The molecule has 1 fully saturated rings. The number of likely N-dealkylation sites (N-methyl/N-ethyl adjacent to an activating group) is 1. The van der Waals surface area contributed by atoms with Gasteiger partial charge in [-0.05, 0) is 14.1 Å². The van der Waals surface area contributed by atoms with Crippen molar-refractivity contribution in [3.63, 3.8) is 0 Å². The second-order valence-electron chi connectivity index (χ2n) is 3.76. The molecule has 0 aromatic carbocycles. The Hall–Kier alpha value is -0.200. The monoisotopic (exact) mass is 190 g/mol. The fourth-order valence-electron chi connectivity index (χ4n) is 1.79. The van der Waals surface area contributed by atoms with Crippen molar-refractivity contribution in [2.24, 2.45) is 0 Å². The van der Waals surface area contributed by atoms with Crippen LogP contribution in [0.3, 0.4) is 0 Å². The Labute approximate surface area is 78.0 Å². The largest absolute Gasteiger partial charge is 0.395 e. The molecule has 13 heavy (non-hydrogen) atoms. The van der Waals surface area contributed by atoms with Gasteiger partial charge < -0.3 is 20.6 Å². The average molecular weight is 190 g/mol. The summed E-state index contributed by atoms with van der Waals surface area (Å²) in [5, 5.41) is 31.0. The zero-order valence-electron chi connectivity index (χ0n) is 8.06. The van der Waals surface area contributed by atoms with Crippen LogP contribution in [0.4, 0.5) is 0 Å². The summed E-state index contributed by atoms with van der Waals surface area (Å²) < 4.78 is 0. The van der Waals surface area contributed by atoms with Crippen LogP contribution in [0, 0.1) is 0 Å². The molecule has 3 unspecified atom stereocenters. The van der Waals surface area contributed by atoms with E-state index in [-0.39, 0.29) is 25.3 Å². The van der Waals surface area contributed by atoms with Crippen LogP contribution in [-0.2, 0) is 0 Å². The molecule has 1 aliphatic rings. The van der Waals surface area contributed by atoms with Gasteiger partial charge in [-0.1, -0.05) is 0 Å². The highest BCUT2D eigenvalue weighted by Crippen LogP contribution is 2.26. The van der Waals surface area contributed by atoms with E-state index in [0.717, 1.165) is 0 Å². The van der Waals surface area contributed by atoms with Crippen molar-refractivity contribution in [3.8, 4) is 0 Å². The molecule has 0 amide bonds. The van der Waals surface area contributed by atoms with Gasteiger partial charge in [0.25, 0.3) is 0 Å². The highest BCUT2D eigenvalue weighted by atomic mass is 16.3. The molecule has 0 bridgehead atoms. The van der Waals surface area contributed by atoms with E-state index in [2.05, 4.69) is 5.32 Å². The Morgan fingerprint density at radius 3 is 2.31 bits per heavy atom. The lowest BCUT2D eigenvalue weighted by atomic mass is 10.0. The van der Waals surface area contributed by atoms with E-state index in [1.54, 1.807) is 19.0 Å². The molecule has 0 saturated carbocycles. The minimum absolute atomic E-state index is 0.0212. The van der Waals surface area contributed by atoms with Gasteiger partial charge in [-0.15, -0.1) is 0 Å². The smallest absolute Gasteiger partial charge is 0.137 e. The van der Waals surface area contributed by atoms with Gasteiger partial charge in [-0.25, -0.2) is 0 Å². The lowest BCUT2D eigenvalue weighted by Gasteiger charge is -2.34. The lowest BCUT2D eigenvalue weighted by molar-refractivity contribution is -0.100. The molecule has 3 atom stereocenters. The molecule has 0 radical (unpaired) electrons. The topological polar surface area (TPSA) is 76.0 Å². The molecule has 5 heteroatoms. The summed E-state index contributed by atoms with van der Waals surface area (Å²) in [6, 6.07) is -0.524. The van der Waals surface area contributed by atoms with Crippen molar-refractivity contribution in [1.82, 2.24) is 10.2 Å². The van der Waals surface area contributed by atoms with Crippen LogP contribution in [-0.4, -0.2) is 65.3 Å². The van der Waals surface area contributed by atoms with Crippen LogP contribution in [0.2, 0.25) is 0 Å². The summed E-state index contributed by atoms with van der Waals surface area (Å²) in [6.07, 6.45) is 0.432. The van der Waals surface area contributed by atoms with Gasteiger partial charge in [0, 0.05) is 12.5 Å². The van der Waals surface area contributed by atoms with E-state index in [1.165, 1.54) is 0 Å². The molecule has 0 aliphatic carbocycles. The van der Waals surface area contributed by atoms with E-state index in [9.17, 15) is 5.11 Å². The van der Waals surface area contributed by atoms with Gasteiger partial charge in [0.05, 0.1) is 19.3 Å². The summed E-state index contributed by atoms with van der Waals surface area (Å²) in [5.41, 5.74) is -1.05. The summed E-state index contributed by atoms with van der Waals surface area (Å²) >= 11 is 0. The lowest BCUT2D eigenvalue weighted by Crippen LogP contribution is -2.54. The number of aliphatic hydroxyl groups excluding tert-OH is 2. The molecular formula is C8H18N2O3. The molecule has 0 aromatic rings. The van der Waals surface area contributed by atoms with Crippen molar-refractivity contribution >= 4 is 0 Å². The molecule has 0 aromatic heterocycles. The zero-order chi connectivity index (χ0) is 10.1. The Morgan fingerprint density at radius 1 is 1.38 bits per heavy atom. The third-order valence-electron chi connectivity index (χ3n) is 2.72. The first-order chi connectivity index (χ1) is 6.04. The van der Waals surface area contributed by atoms with Gasteiger partial charge in [0.2, 0.25) is 0 Å². The van der Waals surface area contributed by atoms with Gasteiger partial charge in [-0.3, -0.25) is 4.90 Å². The van der Waals surface area contributed by atoms with Crippen LogP contribution < -0.4 is 5.32 Å². The Bertz CT molecular complexity index is 177. The predicted octanol–water partition coefficient (Wildman–Crippen LogP) is -2.05. The number of nitrogens with one attached hydrogen (secondary N) is 1. The standard InChI is InChI=1S/C8H18N2O3/c1-10(2)8(13)3-6(4-11)9-7(8)5-12/h6-7,9,11-13H,3-5H2,1-2H3. The van der Waals surface area contributed by atoms with Crippen LogP contribution in [0.25, 0.3) is 0 Å².